The first-order valence-electron chi connectivity index (χ1n) is 8.38. The zero-order chi connectivity index (χ0) is 19.3. The second-order valence-electron chi connectivity index (χ2n) is 5.95. The van der Waals surface area contributed by atoms with Gasteiger partial charge in [0.1, 0.15) is 16.0 Å². The summed E-state index contributed by atoms with van der Waals surface area (Å²) in [6, 6.07) is 0. The number of anilines is 1. The van der Waals surface area contributed by atoms with Crippen LogP contribution in [0.4, 0.5) is 5.69 Å². The Bertz CT molecular complexity index is 963. The van der Waals surface area contributed by atoms with Crippen molar-refractivity contribution in [3.05, 3.63) is 65.7 Å². The fourth-order valence-corrected chi connectivity index (χ4v) is 3.52. The van der Waals surface area contributed by atoms with Gasteiger partial charge in [0.2, 0.25) is 5.89 Å². The van der Waals surface area contributed by atoms with Crippen LogP contribution in [0.1, 0.15) is 30.7 Å². The molecule has 0 unspecified atom stereocenters. The molecular weight excluding hydrogens is 342 g/mol. The second kappa shape index (κ2) is 8.63. The summed E-state index contributed by atoms with van der Waals surface area (Å²) in [7, 11) is 0. The van der Waals surface area contributed by atoms with Crippen LogP contribution in [0.25, 0.3) is 21.0 Å². The highest BCUT2D eigenvalue weighted by Gasteiger charge is 2.18. The number of hydrogen-bond acceptors (Lipinski definition) is 5. The average Bonchev–Trinajstić information content (AvgIpc) is 3.26. The molecular formula is C21H25N3OS. The number of pyridine rings is 1. The number of rotatable bonds is 3. The van der Waals surface area contributed by atoms with Gasteiger partial charge in [0, 0.05) is 11.1 Å². The van der Waals surface area contributed by atoms with Gasteiger partial charge >= 0.3 is 0 Å². The van der Waals surface area contributed by atoms with Crippen LogP contribution in [0.15, 0.2) is 53.3 Å². The predicted molar refractivity (Wildman–Crippen MR) is 113 cm³/mol. The minimum absolute atomic E-state index is 0.560. The summed E-state index contributed by atoms with van der Waals surface area (Å²) in [6.45, 7) is 13.8. The number of hydrogen-bond donors (Lipinski definition) is 1. The van der Waals surface area contributed by atoms with E-state index >= 15 is 0 Å². The number of nitrogens with zero attached hydrogens (tertiary/aromatic N) is 2. The lowest BCUT2D eigenvalue weighted by Crippen LogP contribution is -1.93. The first-order valence-corrected chi connectivity index (χ1v) is 9.20. The number of aromatic nitrogens is 2. The van der Waals surface area contributed by atoms with E-state index in [9.17, 15) is 0 Å². The largest absolute Gasteiger partial charge is 0.444 e. The monoisotopic (exact) mass is 367 g/mol. The quantitative estimate of drug-likeness (QED) is 0.564. The van der Waals surface area contributed by atoms with Crippen molar-refractivity contribution in [3.63, 3.8) is 0 Å². The molecule has 0 radical (unpaired) electrons. The minimum Gasteiger partial charge on any atom is -0.444 e. The van der Waals surface area contributed by atoms with Crippen LogP contribution >= 0.6 is 11.3 Å². The summed E-state index contributed by atoms with van der Waals surface area (Å²) < 4.78 is 5.32. The van der Waals surface area contributed by atoms with Crippen LogP contribution < -0.4 is 5.73 Å². The van der Waals surface area contributed by atoms with Gasteiger partial charge in [-0.05, 0) is 45.7 Å². The Hall–Kier alpha value is -2.66. The number of allylic oxidation sites excluding steroid dienone is 5. The predicted octanol–water partition coefficient (Wildman–Crippen LogP) is 6.15. The lowest BCUT2D eigenvalue weighted by molar-refractivity contribution is 0.576. The maximum atomic E-state index is 6.22. The molecule has 4 nitrogen and oxygen atoms in total. The van der Waals surface area contributed by atoms with E-state index in [1.165, 1.54) is 28.0 Å². The van der Waals surface area contributed by atoms with Crippen molar-refractivity contribution in [2.75, 3.05) is 5.73 Å². The number of thiophene rings is 1. The van der Waals surface area contributed by atoms with Crippen LogP contribution in [0.3, 0.4) is 0 Å². The van der Waals surface area contributed by atoms with E-state index in [4.69, 9.17) is 10.2 Å². The van der Waals surface area contributed by atoms with Crippen molar-refractivity contribution in [3.8, 4) is 10.8 Å². The molecule has 3 aromatic heterocycles. The molecule has 26 heavy (non-hydrogen) atoms. The third-order valence-corrected chi connectivity index (χ3v) is 5.26. The highest BCUT2D eigenvalue weighted by molar-refractivity contribution is 7.22. The molecule has 5 heteroatoms. The first kappa shape index (κ1) is 19.7. The minimum atomic E-state index is 0.560. The Morgan fingerprint density at radius 2 is 2.00 bits per heavy atom. The first-order chi connectivity index (χ1) is 12.4. The molecule has 0 saturated heterocycles. The topological polar surface area (TPSA) is 64.9 Å². The van der Waals surface area contributed by atoms with E-state index in [1.54, 1.807) is 12.5 Å². The summed E-state index contributed by atoms with van der Waals surface area (Å²) in [5, 5.41) is 1.02. The molecule has 3 aromatic rings. The summed E-state index contributed by atoms with van der Waals surface area (Å²) in [4.78, 5) is 10.6. The van der Waals surface area contributed by atoms with E-state index in [-0.39, 0.29) is 0 Å². The van der Waals surface area contributed by atoms with Gasteiger partial charge in [-0.3, -0.25) is 0 Å². The van der Waals surface area contributed by atoms with Gasteiger partial charge < -0.3 is 10.2 Å². The zero-order valence-corrected chi connectivity index (χ0v) is 16.8. The number of fused-ring (bicyclic) bond motifs is 1. The summed E-state index contributed by atoms with van der Waals surface area (Å²) >= 11 is 1.53. The van der Waals surface area contributed by atoms with Crippen LogP contribution in [0.2, 0.25) is 0 Å². The van der Waals surface area contributed by atoms with Gasteiger partial charge in [0.15, 0.2) is 0 Å². The van der Waals surface area contributed by atoms with Crippen molar-refractivity contribution in [2.24, 2.45) is 0 Å². The molecule has 3 heterocycles. The lowest BCUT2D eigenvalue weighted by atomic mass is 10.1. The fourth-order valence-electron chi connectivity index (χ4n) is 2.38. The van der Waals surface area contributed by atoms with Gasteiger partial charge in [-0.1, -0.05) is 36.5 Å². The zero-order valence-electron chi connectivity index (χ0n) is 16.0. The smallest absolute Gasteiger partial charge is 0.238 e. The van der Waals surface area contributed by atoms with Crippen LogP contribution in [-0.2, 0) is 0 Å². The fraction of sp³-hybridized carbons (Fsp3) is 0.238. The molecule has 0 fully saturated rings. The third kappa shape index (κ3) is 4.11. The number of nitrogens with two attached hydrogens (primary N) is 1. The number of nitrogen functional groups attached to an aromatic ring is 1. The van der Waals surface area contributed by atoms with Crippen LogP contribution in [0.5, 0.6) is 0 Å². The van der Waals surface area contributed by atoms with Gasteiger partial charge in [0.25, 0.3) is 0 Å². The van der Waals surface area contributed by atoms with E-state index in [0.717, 1.165) is 20.8 Å². The third-order valence-electron chi connectivity index (χ3n) is 4.18. The molecule has 0 atom stereocenters. The molecule has 0 aliphatic carbocycles. The van der Waals surface area contributed by atoms with E-state index < -0.39 is 0 Å². The molecule has 0 bridgehead atoms. The Balaban J connectivity index is 0.000000260. The van der Waals surface area contributed by atoms with Gasteiger partial charge in [-0.15, -0.1) is 11.3 Å². The molecule has 0 aromatic carbocycles. The highest BCUT2D eigenvalue weighted by atomic mass is 32.1. The van der Waals surface area contributed by atoms with E-state index in [1.807, 2.05) is 45.1 Å². The lowest BCUT2D eigenvalue weighted by Gasteiger charge is -2.05. The Morgan fingerprint density at radius 1 is 1.27 bits per heavy atom. The summed E-state index contributed by atoms with van der Waals surface area (Å²) in [5.41, 5.74) is 11.5. The van der Waals surface area contributed by atoms with E-state index in [2.05, 4.69) is 30.4 Å². The highest BCUT2D eigenvalue weighted by Crippen LogP contribution is 2.41. The van der Waals surface area contributed by atoms with Gasteiger partial charge in [-0.25, -0.2) is 9.97 Å². The standard InChI is InChI=1S/C13H13N3OS.C8H12/c1-6-7(2)9-10(14)11(12-15-4-5-17-12)18-13(9)16-8(6)3;1-4-6-7-8(3)5-2/h4-5H,14H2,1-3H3;4-7H,2H2,1,3H3/b;6-4-,8-7-. The van der Waals surface area contributed by atoms with Crippen molar-refractivity contribution < 1.29 is 4.42 Å². The molecule has 136 valence electrons. The molecule has 0 aliphatic rings. The normalized spacial score (nSPS) is 11.7. The van der Waals surface area contributed by atoms with Gasteiger partial charge in [0.05, 0.1) is 11.9 Å². The molecule has 0 aliphatic heterocycles. The molecule has 0 spiro atoms. The Kier molecular flexibility index (Phi) is 6.52. The van der Waals surface area contributed by atoms with Gasteiger partial charge in [-0.2, -0.15) is 0 Å². The Morgan fingerprint density at radius 3 is 2.58 bits per heavy atom. The molecule has 0 amide bonds. The molecule has 2 N–H and O–H groups in total. The average molecular weight is 368 g/mol. The van der Waals surface area contributed by atoms with Crippen molar-refractivity contribution in [1.82, 2.24) is 9.97 Å². The Labute approximate surface area is 158 Å². The van der Waals surface area contributed by atoms with Crippen molar-refractivity contribution >= 4 is 27.2 Å². The maximum Gasteiger partial charge on any atom is 0.238 e. The van der Waals surface area contributed by atoms with Crippen molar-refractivity contribution in [2.45, 2.75) is 34.6 Å². The number of aryl methyl sites for hydroxylation is 2. The molecule has 0 saturated carbocycles. The van der Waals surface area contributed by atoms with Crippen LogP contribution in [-0.4, -0.2) is 9.97 Å². The SMILES string of the molecule is C=C/C(C)=C\C=C/C.Cc1nc2sc(-c3ncco3)c(N)c2c(C)c1C. The maximum absolute atomic E-state index is 6.22. The molecule has 3 rings (SSSR count). The van der Waals surface area contributed by atoms with E-state index in [0.29, 0.717) is 11.6 Å². The second-order valence-corrected chi connectivity index (χ2v) is 6.95. The summed E-state index contributed by atoms with van der Waals surface area (Å²) in [5.74, 6) is 0.560. The number of oxazole rings is 1. The van der Waals surface area contributed by atoms with Crippen LogP contribution in [0, 0.1) is 20.8 Å². The summed E-state index contributed by atoms with van der Waals surface area (Å²) in [6.07, 6.45) is 11.0. The van der Waals surface area contributed by atoms with Crippen molar-refractivity contribution in [1.29, 1.82) is 0 Å².